The van der Waals surface area contributed by atoms with Crippen LogP contribution in [0.2, 0.25) is 0 Å². The molecule has 110 valence electrons. The van der Waals surface area contributed by atoms with Crippen LogP contribution < -0.4 is 15.8 Å². The molecule has 4 nitrogen and oxygen atoms in total. The summed E-state index contributed by atoms with van der Waals surface area (Å²) in [5.41, 5.74) is 7.91. The summed E-state index contributed by atoms with van der Waals surface area (Å²) >= 11 is 0. The van der Waals surface area contributed by atoms with E-state index in [1.54, 1.807) is 25.2 Å². The van der Waals surface area contributed by atoms with E-state index in [0.717, 1.165) is 11.3 Å². The van der Waals surface area contributed by atoms with Crippen LogP contribution in [0.4, 0.5) is 5.69 Å². The zero-order valence-electron chi connectivity index (χ0n) is 12.5. The predicted octanol–water partition coefficient (Wildman–Crippen LogP) is 3.54. The van der Waals surface area contributed by atoms with Crippen LogP contribution in [0.1, 0.15) is 35.7 Å². The van der Waals surface area contributed by atoms with Gasteiger partial charge in [-0.05, 0) is 29.7 Å². The van der Waals surface area contributed by atoms with E-state index in [4.69, 9.17) is 10.5 Å². The molecule has 0 aliphatic rings. The first-order valence-corrected chi connectivity index (χ1v) is 6.91. The van der Waals surface area contributed by atoms with Crippen molar-refractivity contribution in [1.82, 2.24) is 5.32 Å². The highest BCUT2D eigenvalue weighted by Gasteiger charge is 2.14. The smallest absolute Gasteiger partial charge is 0.254 e. The number of anilines is 1. The lowest BCUT2D eigenvalue weighted by Crippen LogP contribution is -2.18. The van der Waals surface area contributed by atoms with Gasteiger partial charge in [-0.1, -0.05) is 32.0 Å². The molecule has 0 spiro atoms. The topological polar surface area (TPSA) is 64.4 Å². The Bertz CT molecular complexity index is 651. The summed E-state index contributed by atoms with van der Waals surface area (Å²) in [6, 6.07) is 12.8. The minimum Gasteiger partial charge on any atom is -0.456 e. The van der Waals surface area contributed by atoms with Crippen molar-refractivity contribution in [2.75, 3.05) is 12.8 Å². The zero-order chi connectivity index (χ0) is 15.4. The maximum Gasteiger partial charge on any atom is 0.254 e. The third-order valence-corrected chi connectivity index (χ3v) is 3.24. The molecule has 2 aromatic rings. The van der Waals surface area contributed by atoms with E-state index in [2.05, 4.69) is 19.2 Å². The summed E-state index contributed by atoms with van der Waals surface area (Å²) in [6.45, 7) is 4.20. The Hall–Kier alpha value is -2.49. The number of amides is 1. The number of benzene rings is 2. The van der Waals surface area contributed by atoms with Gasteiger partial charge in [-0.15, -0.1) is 0 Å². The van der Waals surface area contributed by atoms with Gasteiger partial charge in [-0.3, -0.25) is 4.79 Å². The molecule has 0 heterocycles. The van der Waals surface area contributed by atoms with Crippen molar-refractivity contribution in [3.8, 4) is 11.5 Å². The lowest BCUT2D eigenvalue weighted by atomic mass is 10.0. The fourth-order valence-electron chi connectivity index (χ4n) is 2.11. The molecule has 0 radical (unpaired) electrons. The van der Waals surface area contributed by atoms with E-state index in [1.807, 2.05) is 24.3 Å². The second-order valence-corrected chi connectivity index (χ2v) is 5.13. The number of nitrogens with one attached hydrogen (secondary N) is 1. The average Bonchev–Trinajstić information content (AvgIpc) is 2.47. The van der Waals surface area contributed by atoms with E-state index in [-0.39, 0.29) is 5.91 Å². The SMILES string of the molecule is CNC(=O)c1ccc(N)cc1Oc1ccccc1C(C)C. The number of nitrogens with two attached hydrogens (primary N) is 1. The fourth-order valence-corrected chi connectivity index (χ4v) is 2.11. The molecule has 4 heteroatoms. The first-order chi connectivity index (χ1) is 10.0. The van der Waals surface area contributed by atoms with E-state index >= 15 is 0 Å². The summed E-state index contributed by atoms with van der Waals surface area (Å²) < 4.78 is 5.96. The van der Waals surface area contributed by atoms with Crippen molar-refractivity contribution in [2.24, 2.45) is 0 Å². The second-order valence-electron chi connectivity index (χ2n) is 5.13. The van der Waals surface area contributed by atoms with Gasteiger partial charge in [-0.2, -0.15) is 0 Å². The third-order valence-electron chi connectivity index (χ3n) is 3.24. The molecule has 0 atom stereocenters. The van der Waals surface area contributed by atoms with E-state index in [1.165, 1.54) is 0 Å². The zero-order valence-corrected chi connectivity index (χ0v) is 12.5. The lowest BCUT2D eigenvalue weighted by molar-refractivity contribution is 0.0961. The molecule has 2 rings (SSSR count). The Morgan fingerprint density at radius 3 is 2.52 bits per heavy atom. The molecule has 3 N–H and O–H groups in total. The number of rotatable bonds is 4. The first kappa shape index (κ1) is 14.9. The van der Waals surface area contributed by atoms with Gasteiger partial charge in [0.1, 0.15) is 11.5 Å². The van der Waals surface area contributed by atoms with E-state index in [9.17, 15) is 4.79 Å². The molecular weight excluding hydrogens is 264 g/mol. The van der Waals surface area contributed by atoms with Crippen LogP contribution >= 0.6 is 0 Å². The fraction of sp³-hybridized carbons (Fsp3) is 0.235. The molecule has 0 unspecified atom stereocenters. The molecule has 21 heavy (non-hydrogen) atoms. The van der Waals surface area contributed by atoms with Crippen LogP contribution in [0.5, 0.6) is 11.5 Å². The summed E-state index contributed by atoms with van der Waals surface area (Å²) in [6.07, 6.45) is 0. The van der Waals surface area contributed by atoms with Crippen molar-refractivity contribution in [1.29, 1.82) is 0 Å². The Labute approximate surface area is 124 Å². The number of ether oxygens (including phenoxy) is 1. The van der Waals surface area contributed by atoms with Gasteiger partial charge in [0.25, 0.3) is 5.91 Å². The molecular formula is C17H20N2O2. The van der Waals surface area contributed by atoms with Gasteiger partial charge in [-0.25, -0.2) is 0 Å². The number of nitrogen functional groups attached to an aromatic ring is 1. The largest absolute Gasteiger partial charge is 0.456 e. The number of hydrogen-bond acceptors (Lipinski definition) is 3. The van der Waals surface area contributed by atoms with Crippen LogP contribution in [-0.4, -0.2) is 13.0 Å². The number of para-hydroxylation sites is 1. The Kier molecular flexibility index (Phi) is 4.48. The second kappa shape index (κ2) is 6.31. The van der Waals surface area contributed by atoms with Gasteiger partial charge in [0.15, 0.2) is 0 Å². The third kappa shape index (κ3) is 3.34. The van der Waals surface area contributed by atoms with Crippen molar-refractivity contribution < 1.29 is 9.53 Å². The highest BCUT2D eigenvalue weighted by atomic mass is 16.5. The number of hydrogen-bond donors (Lipinski definition) is 2. The lowest BCUT2D eigenvalue weighted by Gasteiger charge is -2.16. The highest BCUT2D eigenvalue weighted by Crippen LogP contribution is 2.33. The highest BCUT2D eigenvalue weighted by molar-refractivity contribution is 5.97. The summed E-state index contributed by atoms with van der Waals surface area (Å²) in [5.74, 6) is 1.32. The quantitative estimate of drug-likeness (QED) is 0.844. The van der Waals surface area contributed by atoms with Gasteiger partial charge >= 0.3 is 0 Å². The first-order valence-electron chi connectivity index (χ1n) is 6.91. The predicted molar refractivity (Wildman–Crippen MR) is 84.8 cm³/mol. The Morgan fingerprint density at radius 1 is 1.14 bits per heavy atom. The molecule has 0 fully saturated rings. The monoisotopic (exact) mass is 284 g/mol. The maximum absolute atomic E-state index is 11.9. The Balaban J connectivity index is 2.44. The van der Waals surface area contributed by atoms with Crippen LogP contribution in [0, 0.1) is 0 Å². The van der Waals surface area contributed by atoms with Crippen molar-refractivity contribution in [3.63, 3.8) is 0 Å². The van der Waals surface area contributed by atoms with Gasteiger partial charge in [0.2, 0.25) is 0 Å². The van der Waals surface area contributed by atoms with E-state index < -0.39 is 0 Å². The molecule has 1 amide bonds. The van der Waals surface area contributed by atoms with Gasteiger partial charge in [0, 0.05) is 18.8 Å². The van der Waals surface area contributed by atoms with E-state index in [0.29, 0.717) is 22.9 Å². The van der Waals surface area contributed by atoms with Crippen molar-refractivity contribution in [3.05, 3.63) is 53.6 Å². The normalized spacial score (nSPS) is 10.5. The molecule has 0 aliphatic heterocycles. The molecule has 0 aromatic heterocycles. The maximum atomic E-state index is 11.9. The molecule has 2 aromatic carbocycles. The molecule has 0 saturated carbocycles. The van der Waals surface area contributed by atoms with Crippen LogP contribution in [0.15, 0.2) is 42.5 Å². The van der Waals surface area contributed by atoms with Crippen molar-refractivity contribution >= 4 is 11.6 Å². The van der Waals surface area contributed by atoms with Crippen LogP contribution in [0.25, 0.3) is 0 Å². The minimum atomic E-state index is -0.202. The number of carbonyl (C=O) groups excluding carboxylic acids is 1. The Morgan fingerprint density at radius 2 is 1.86 bits per heavy atom. The van der Waals surface area contributed by atoms with Crippen LogP contribution in [-0.2, 0) is 0 Å². The molecule has 0 aliphatic carbocycles. The average molecular weight is 284 g/mol. The molecule has 0 bridgehead atoms. The minimum absolute atomic E-state index is 0.202. The summed E-state index contributed by atoms with van der Waals surface area (Å²) in [5, 5.41) is 2.60. The van der Waals surface area contributed by atoms with Gasteiger partial charge < -0.3 is 15.8 Å². The standard InChI is InChI=1S/C17H20N2O2/c1-11(2)13-6-4-5-7-15(13)21-16-10-12(18)8-9-14(16)17(20)19-3/h4-11H,18H2,1-3H3,(H,19,20). The summed E-state index contributed by atoms with van der Waals surface area (Å²) in [4.78, 5) is 11.9. The summed E-state index contributed by atoms with van der Waals surface area (Å²) in [7, 11) is 1.59. The van der Waals surface area contributed by atoms with Crippen molar-refractivity contribution in [2.45, 2.75) is 19.8 Å². The van der Waals surface area contributed by atoms with Crippen LogP contribution in [0.3, 0.4) is 0 Å². The van der Waals surface area contributed by atoms with Gasteiger partial charge in [0.05, 0.1) is 5.56 Å². The number of carbonyl (C=O) groups is 1. The molecule has 0 saturated heterocycles.